The van der Waals surface area contributed by atoms with Crippen LogP contribution in [0.25, 0.3) is 0 Å². The minimum absolute atomic E-state index is 0.231. The van der Waals surface area contributed by atoms with Gasteiger partial charge in [0.25, 0.3) is 0 Å². The van der Waals surface area contributed by atoms with Crippen molar-refractivity contribution in [3.63, 3.8) is 0 Å². The predicted octanol–water partition coefficient (Wildman–Crippen LogP) is -1.79. The van der Waals surface area contributed by atoms with E-state index in [0.717, 1.165) is 13.4 Å². The van der Waals surface area contributed by atoms with Gasteiger partial charge in [0.15, 0.2) is 0 Å². The summed E-state index contributed by atoms with van der Waals surface area (Å²) in [5.74, 6) is -1.15. The van der Waals surface area contributed by atoms with Gasteiger partial charge in [0.05, 0.1) is 13.4 Å². The third kappa shape index (κ3) is 6.86. The molecule has 0 aromatic heterocycles. The summed E-state index contributed by atoms with van der Waals surface area (Å²) in [6.45, 7) is 0.988. The maximum Gasteiger partial charge on any atom is 0.329 e. The quantitative estimate of drug-likeness (QED) is 0.551. The second-order valence-electron chi connectivity index (χ2n) is 2.90. The highest BCUT2D eigenvalue weighted by Gasteiger charge is 2.21. The Morgan fingerprint density at radius 3 is 2.27 bits per heavy atom. The van der Waals surface area contributed by atoms with Crippen molar-refractivity contribution in [3.8, 4) is 0 Å². The van der Waals surface area contributed by atoms with Crippen LogP contribution in [0.15, 0.2) is 0 Å². The fourth-order valence-electron chi connectivity index (χ4n) is 0.816. The highest BCUT2D eigenvalue weighted by atomic mass is 32.2. The molecule has 8 heteroatoms. The van der Waals surface area contributed by atoms with Gasteiger partial charge in [-0.1, -0.05) is 0 Å². The van der Waals surface area contributed by atoms with Gasteiger partial charge in [-0.15, -0.1) is 0 Å². The van der Waals surface area contributed by atoms with E-state index in [2.05, 4.69) is 14.8 Å². The first-order chi connectivity index (χ1) is 6.76. The van der Waals surface area contributed by atoms with Crippen LogP contribution in [0, 0.1) is 0 Å². The van der Waals surface area contributed by atoms with Gasteiger partial charge in [-0.25, -0.2) is 17.9 Å². The summed E-state index contributed by atoms with van der Waals surface area (Å²) in [5, 5.41) is 2.26. The molecule has 0 fully saturated rings. The molecule has 7 nitrogen and oxygen atoms in total. The van der Waals surface area contributed by atoms with Gasteiger partial charge < -0.3 is 10.1 Å². The lowest BCUT2D eigenvalue weighted by Gasteiger charge is -2.15. The number of rotatable bonds is 5. The minimum Gasteiger partial charge on any atom is -0.467 e. The molecule has 0 aliphatic rings. The Kier molecular flexibility index (Phi) is 5.23. The standard InChI is InChI=1S/C7H14N2O5S/c1-5(10)9-6(7(11)14-2)4-8-15(3,12)13/h6,8H,4H2,1-3H3,(H,9,10). The largest absolute Gasteiger partial charge is 0.467 e. The molecule has 2 N–H and O–H groups in total. The summed E-state index contributed by atoms with van der Waals surface area (Å²) in [4.78, 5) is 21.8. The Morgan fingerprint density at radius 1 is 1.40 bits per heavy atom. The molecule has 0 bridgehead atoms. The Labute approximate surface area is 88.2 Å². The Hall–Kier alpha value is -1.15. The molecule has 0 aromatic rings. The van der Waals surface area contributed by atoms with Crippen molar-refractivity contribution < 1.29 is 22.7 Å². The van der Waals surface area contributed by atoms with Crippen LogP contribution in [0.3, 0.4) is 0 Å². The minimum atomic E-state index is -3.41. The summed E-state index contributed by atoms with van der Waals surface area (Å²) in [5.41, 5.74) is 0. The number of carbonyl (C=O) groups is 2. The van der Waals surface area contributed by atoms with E-state index in [9.17, 15) is 18.0 Å². The van der Waals surface area contributed by atoms with Crippen LogP contribution in [0.2, 0.25) is 0 Å². The molecule has 0 aliphatic heterocycles. The second kappa shape index (κ2) is 5.66. The highest BCUT2D eigenvalue weighted by Crippen LogP contribution is 1.88. The zero-order chi connectivity index (χ0) is 12.1. The fourth-order valence-corrected chi connectivity index (χ4v) is 1.29. The second-order valence-corrected chi connectivity index (χ2v) is 4.73. The van der Waals surface area contributed by atoms with Gasteiger partial charge in [0.2, 0.25) is 15.9 Å². The number of hydrogen-bond donors (Lipinski definition) is 2. The third-order valence-electron chi connectivity index (χ3n) is 1.41. The first-order valence-corrected chi connectivity index (χ1v) is 5.95. The molecule has 0 heterocycles. The van der Waals surface area contributed by atoms with E-state index in [0.29, 0.717) is 0 Å². The predicted molar refractivity (Wildman–Crippen MR) is 52.5 cm³/mol. The van der Waals surface area contributed by atoms with Gasteiger partial charge in [0.1, 0.15) is 6.04 Å². The summed E-state index contributed by atoms with van der Waals surface area (Å²) in [6.07, 6.45) is 0.953. The van der Waals surface area contributed by atoms with Gasteiger partial charge in [-0.2, -0.15) is 0 Å². The van der Waals surface area contributed by atoms with E-state index in [1.807, 2.05) is 0 Å². The number of ether oxygens (including phenoxy) is 1. The molecule has 1 atom stereocenters. The molecule has 1 amide bonds. The molecule has 0 saturated heterocycles. The van der Waals surface area contributed by atoms with Crippen LogP contribution in [0.4, 0.5) is 0 Å². The maximum atomic E-state index is 11.1. The summed E-state index contributed by atoms with van der Waals surface area (Å²) in [6, 6.07) is -1.01. The van der Waals surface area contributed by atoms with E-state index in [1.165, 1.54) is 6.92 Å². The monoisotopic (exact) mass is 238 g/mol. The van der Waals surface area contributed by atoms with Crippen molar-refractivity contribution in [2.75, 3.05) is 19.9 Å². The average molecular weight is 238 g/mol. The van der Waals surface area contributed by atoms with Crippen LogP contribution < -0.4 is 10.0 Å². The first-order valence-electron chi connectivity index (χ1n) is 4.06. The molecule has 0 radical (unpaired) electrons. The lowest BCUT2D eigenvalue weighted by molar-refractivity contribution is -0.144. The first kappa shape index (κ1) is 13.8. The zero-order valence-corrected chi connectivity index (χ0v) is 9.55. The van der Waals surface area contributed by atoms with Crippen LogP contribution in [0.1, 0.15) is 6.92 Å². The molecule has 15 heavy (non-hydrogen) atoms. The van der Waals surface area contributed by atoms with Crippen LogP contribution in [-0.2, 0) is 24.3 Å². The number of carbonyl (C=O) groups excluding carboxylic acids is 2. The normalized spacial score (nSPS) is 13.0. The highest BCUT2D eigenvalue weighted by molar-refractivity contribution is 7.88. The van der Waals surface area contributed by atoms with E-state index in [1.54, 1.807) is 0 Å². The van der Waals surface area contributed by atoms with E-state index in [4.69, 9.17) is 0 Å². The number of methoxy groups -OCH3 is 1. The van der Waals surface area contributed by atoms with Crippen molar-refractivity contribution in [3.05, 3.63) is 0 Å². The van der Waals surface area contributed by atoms with Crippen LogP contribution in [-0.4, -0.2) is 46.2 Å². The fraction of sp³-hybridized carbons (Fsp3) is 0.714. The topological polar surface area (TPSA) is 102 Å². The van der Waals surface area contributed by atoms with Crippen molar-refractivity contribution >= 4 is 21.9 Å². The molecular formula is C7H14N2O5S. The third-order valence-corrected chi connectivity index (χ3v) is 2.10. The molecule has 0 aromatic carbocycles. The smallest absolute Gasteiger partial charge is 0.329 e. The SMILES string of the molecule is COC(=O)C(CNS(C)(=O)=O)NC(C)=O. The summed E-state index contributed by atoms with van der Waals surface area (Å²) in [7, 11) is -2.26. The molecule has 0 spiro atoms. The number of nitrogens with one attached hydrogen (secondary N) is 2. The van der Waals surface area contributed by atoms with Crippen molar-refractivity contribution in [1.82, 2.24) is 10.0 Å². The van der Waals surface area contributed by atoms with E-state index >= 15 is 0 Å². The molecule has 88 valence electrons. The molecule has 1 unspecified atom stereocenters. The average Bonchev–Trinajstić information content (AvgIpc) is 2.09. The Bertz CT molecular complexity index is 337. The van der Waals surface area contributed by atoms with Crippen molar-refractivity contribution in [2.45, 2.75) is 13.0 Å². The number of amides is 1. The summed E-state index contributed by atoms with van der Waals surface area (Å²) >= 11 is 0. The lowest BCUT2D eigenvalue weighted by atomic mass is 10.3. The molecule has 0 rings (SSSR count). The van der Waals surface area contributed by atoms with E-state index < -0.39 is 27.9 Å². The van der Waals surface area contributed by atoms with Gasteiger partial charge in [-0.05, 0) is 0 Å². The Balaban J connectivity index is 4.38. The molecular weight excluding hydrogens is 224 g/mol. The summed E-state index contributed by atoms with van der Waals surface area (Å²) < 4.78 is 28.0. The van der Waals surface area contributed by atoms with Gasteiger partial charge >= 0.3 is 5.97 Å². The zero-order valence-electron chi connectivity index (χ0n) is 8.73. The van der Waals surface area contributed by atoms with Crippen LogP contribution >= 0.6 is 0 Å². The van der Waals surface area contributed by atoms with Crippen molar-refractivity contribution in [2.24, 2.45) is 0 Å². The number of sulfonamides is 1. The molecule has 0 saturated carbocycles. The van der Waals surface area contributed by atoms with Gasteiger partial charge in [-0.3, -0.25) is 4.79 Å². The number of esters is 1. The maximum absolute atomic E-state index is 11.1. The lowest BCUT2D eigenvalue weighted by Crippen LogP contribution is -2.48. The molecule has 0 aliphatic carbocycles. The van der Waals surface area contributed by atoms with Gasteiger partial charge in [0, 0.05) is 13.5 Å². The Morgan fingerprint density at radius 2 is 1.93 bits per heavy atom. The van der Waals surface area contributed by atoms with Crippen LogP contribution in [0.5, 0.6) is 0 Å². The van der Waals surface area contributed by atoms with E-state index in [-0.39, 0.29) is 6.54 Å². The number of hydrogen-bond acceptors (Lipinski definition) is 5. The van der Waals surface area contributed by atoms with Crippen molar-refractivity contribution in [1.29, 1.82) is 0 Å².